The number of nitrogens with one attached hydrogen (secondary N) is 3. The molecule has 8 heteroatoms. The van der Waals surface area contributed by atoms with Crippen molar-refractivity contribution in [3.63, 3.8) is 0 Å². The van der Waals surface area contributed by atoms with Crippen LogP contribution in [0.3, 0.4) is 0 Å². The van der Waals surface area contributed by atoms with Crippen LogP contribution in [0.15, 0.2) is 24.4 Å². The van der Waals surface area contributed by atoms with E-state index in [0.717, 1.165) is 5.56 Å². The van der Waals surface area contributed by atoms with E-state index >= 15 is 0 Å². The number of H-pyrrole nitrogens is 1. The first-order valence-corrected chi connectivity index (χ1v) is 6.09. The number of carbonyl (C=O) groups excluding carboxylic acids is 1. The molecule has 0 radical (unpaired) electrons. The molecule has 0 saturated carbocycles. The Morgan fingerprint density at radius 2 is 2.29 bits per heavy atom. The minimum Gasteiger partial charge on any atom is -0.360 e. The van der Waals surface area contributed by atoms with Crippen LogP contribution < -0.4 is 10.6 Å². The molecular formula is C13H13N7O. The van der Waals surface area contributed by atoms with E-state index in [9.17, 15) is 4.79 Å². The van der Waals surface area contributed by atoms with Crippen molar-refractivity contribution in [2.75, 3.05) is 12.4 Å². The summed E-state index contributed by atoms with van der Waals surface area (Å²) >= 11 is 0. The van der Waals surface area contributed by atoms with Crippen LogP contribution in [-0.4, -0.2) is 33.6 Å². The molecule has 0 saturated heterocycles. The molecule has 1 heterocycles. The summed E-state index contributed by atoms with van der Waals surface area (Å²) in [5.74, 6) is 0.0314. The van der Waals surface area contributed by atoms with Crippen LogP contribution in [0.1, 0.15) is 21.7 Å². The number of nitrogens with zero attached hydrogens (tertiary/aromatic N) is 4. The van der Waals surface area contributed by atoms with E-state index in [1.807, 2.05) is 19.1 Å². The number of allylic oxidation sites excluding steroid dienone is 1. The van der Waals surface area contributed by atoms with Crippen molar-refractivity contribution >= 4 is 17.2 Å². The molecule has 0 aliphatic rings. The molecule has 0 bridgehead atoms. The Balaban J connectivity index is 2.28. The number of benzene rings is 1. The van der Waals surface area contributed by atoms with Crippen LogP contribution in [0, 0.1) is 18.3 Å². The first-order chi connectivity index (χ1) is 10.2. The Morgan fingerprint density at radius 1 is 1.48 bits per heavy atom. The molecular weight excluding hydrogens is 270 g/mol. The summed E-state index contributed by atoms with van der Waals surface area (Å²) in [5.41, 5.74) is 2.29. The predicted molar refractivity (Wildman–Crippen MR) is 76.0 cm³/mol. The Kier molecular flexibility index (Phi) is 4.26. The number of aromatic amines is 1. The summed E-state index contributed by atoms with van der Waals surface area (Å²) in [4.78, 5) is 11.7. The summed E-state index contributed by atoms with van der Waals surface area (Å²) in [6, 6.07) is 7.27. The molecule has 3 N–H and O–H groups in total. The van der Waals surface area contributed by atoms with E-state index < -0.39 is 0 Å². The quantitative estimate of drug-likeness (QED) is 0.715. The van der Waals surface area contributed by atoms with Gasteiger partial charge in [0.15, 0.2) is 0 Å². The largest absolute Gasteiger partial charge is 0.360 e. The number of aromatic nitrogens is 4. The number of tetrazole rings is 1. The maximum Gasteiger partial charge on any atom is 0.251 e. The van der Waals surface area contributed by atoms with Crippen LogP contribution in [0.25, 0.3) is 5.57 Å². The topological polar surface area (TPSA) is 119 Å². The van der Waals surface area contributed by atoms with Crippen molar-refractivity contribution in [2.45, 2.75) is 6.92 Å². The fourth-order valence-corrected chi connectivity index (χ4v) is 1.75. The predicted octanol–water partition coefficient (Wildman–Crippen LogP) is 0.844. The third-order valence-electron chi connectivity index (χ3n) is 2.88. The van der Waals surface area contributed by atoms with E-state index in [0.29, 0.717) is 11.3 Å². The number of rotatable bonds is 4. The van der Waals surface area contributed by atoms with Gasteiger partial charge in [0.05, 0.1) is 0 Å². The van der Waals surface area contributed by atoms with E-state index in [1.165, 1.54) is 6.20 Å². The van der Waals surface area contributed by atoms with Gasteiger partial charge in [-0.15, -0.1) is 10.2 Å². The molecule has 21 heavy (non-hydrogen) atoms. The zero-order valence-corrected chi connectivity index (χ0v) is 11.5. The maximum atomic E-state index is 11.7. The maximum absolute atomic E-state index is 11.7. The van der Waals surface area contributed by atoms with Gasteiger partial charge in [-0.2, -0.15) is 10.5 Å². The highest BCUT2D eigenvalue weighted by Gasteiger charge is 2.10. The minimum atomic E-state index is -0.168. The Hall–Kier alpha value is -3.21. The van der Waals surface area contributed by atoms with E-state index in [-0.39, 0.29) is 17.3 Å². The minimum absolute atomic E-state index is 0.168. The number of carbonyl (C=O) groups is 1. The highest BCUT2D eigenvalue weighted by Crippen LogP contribution is 2.19. The molecule has 1 aromatic carbocycles. The van der Waals surface area contributed by atoms with Gasteiger partial charge in [-0.05, 0) is 29.8 Å². The lowest BCUT2D eigenvalue weighted by Gasteiger charge is -2.10. The number of anilines is 1. The third kappa shape index (κ3) is 3.03. The summed E-state index contributed by atoms with van der Waals surface area (Å²) in [7, 11) is 1.58. The van der Waals surface area contributed by atoms with E-state index in [4.69, 9.17) is 5.26 Å². The number of hydrogen-bond acceptors (Lipinski definition) is 6. The van der Waals surface area contributed by atoms with E-state index in [1.54, 1.807) is 19.2 Å². The fourth-order valence-electron chi connectivity index (χ4n) is 1.75. The van der Waals surface area contributed by atoms with Gasteiger partial charge in [0.25, 0.3) is 5.91 Å². The molecule has 0 spiro atoms. The molecule has 0 aliphatic heterocycles. The lowest BCUT2D eigenvalue weighted by Crippen LogP contribution is -2.19. The summed E-state index contributed by atoms with van der Waals surface area (Å²) in [6.45, 7) is 1.82. The van der Waals surface area contributed by atoms with Crippen molar-refractivity contribution in [2.24, 2.45) is 0 Å². The number of amides is 1. The number of nitriles is 1. The van der Waals surface area contributed by atoms with Crippen LogP contribution >= 0.6 is 0 Å². The molecule has 1 amide bonds. The average molecular weight is 283 g/mol. The average Bonchev–Trinajstić information content (AvgIpc) is 3.03. The van der Waals surface area contributed by atoms with Gasteiger partial charge >= 0.3 is 0 Å². The first kappa shape index (κ1) is 14.2. The second-order valence-corrected chi connectivity index (χ2v) is 4.11. The zero-order valence-electron chi connectivity index (χ0n) is 11.5. The van der Waals surface area contributed by atoms with Crippen molar-refractivity contribution in [3.8, 4) is 6.07 Å². The number of hydrogen-bond donors (Lipinski definition) is 3. The molecule has 0 fully saturated rings. The van der Waals surface area contributed by atoms with Crippen LogP contribution in [-0.2, 0) is 0 Å². The van der Waals surface area contributed by atoms with Gasteiger partial charge in [-0.1, -0.05) is 6.07 Å². The van der Waals surface area contributed by atoms with Crippen molar-refractivity contribution in [1.82, 2.24) is 25.9 Å². The summed E-state index contributed by atoms with van der Waals surface area (Å²) < 4.78 is 0. The van der Waals surface area contributed by atoms with Gasteiger partial charge in [0.1, 0.15) is 11.6 Å². The molecule has 106 valence electrons. The Labute approximate surface area is 120 Å². The van der Waals surface area contributed by atoms with Gasteiger partial charge in [-0.25, -0.2) is 0 Å². The van der Waals surface area contributed by atoms with Crippen LogP contribution in [0.4, 0.5) is 5.69 Å². The van der Waals surface area contributed by atoms with Crippen LogP contribution in [0.5, 0.6) is 0 Å². The van der Waals surface area contributed by atoms with Gasteiger partial charge in [-0.3, -0.25) is 4.79 Å². The molecule has 2 aromatic rings. The van der Waals surface area contributed by atoms with Crippen molar-refractivity contribution in [1.29, 1.82) is 5.26 Å². The highest BCUT2D eigenvalue weighted by atomic mass is 16.1. The van der Waals surface area contributed by atoms with Gasteiger partial charge in [0.2, 0.25) is 5.82 Å². The first-order valence-electron chi connectivity index (χ1n) is 6.09. The highest BCUT2D eigenvalue weighted by molar-refractivity contribution is 5.97. The van der Waals surface area contributed by atoms with Gasteiger partial charge in [0, 0.05) is 24.5 Å². The van der Waals surface area contributed by atoms with Crippen molar-refractivity contribution < 1.29 is 4.79 Å². The van der Waals surface area contributed by atoms with Crippen LogP contribution in [0.2, 0.25) is 0 Å². The second-order valence-electron chi connectivity index (χ2n) is 4.11. The van der Waals surface area contributed by atoms with Crippen molar-refractivity contribution in [3.05, 3.63) is 41.4 Å². The molecule has 0 aliphatic carbocycles. The SMILES string of the molecule is CNC(=O)c1cccc(NC=C(C#N)c2nn[nH]n2)c1C. The molecule has 0 unspecified atom stereocenters. The van der Waals surface area contributed by atoms with E-state index in [2.05, 4.69) is 31.3 Å². The summed E-state index contributed by atoms with van der Waals surface area (Å²) in [5, 5.41) is 27.8. The third-order valence-corrected chi connectivity index (χ3v) is 2.88. The monoisotopic (exact) mass is 283 g/mol. The zero-order chi connectivity index (χ0) is 15.2. The lowest BCUT2D eigenvalue weighted by molar-refractivity contribution is 0.0962. The Bertz CT molecular complexity index is 713. The molecule has 2 rings (SSSR count). The molecule has 1 aromatic heterocycles. The normalized spacial score (nSPS) is 10.8. The smallest absolute Gasteiger partial charge is 0.251 e. The standard InChI is InChI=1S/C13H13N7O/c1-8-10(13(21)15-2)4-3-5-11(8)16-7-9(6-14)12-17-19-20-18-12/h3-5,7,16H,1-2H3,(H,15,21)(H,17,18,19,20). The fraction of sp³-hybridized carbons (Fsp3) is 0.154. The lowest BCUT2D eigenvalue weighted by atomic mass is 10.1. The molecule has 0 atom stereocenters. The summed E-state index contributed by atoms with van der Waals surface area (Å²) in [6.07, 6.45) is 1.47. The van der Waals surface area contributed by atoms with Gasteiger partial charge < -0.3 is 10.6 Å². The molecule has 8 nitrogen and oxygen atoms in total. The Morgan fingerprint density at radius 3 is 2.90 bits per heavy atom. The second kappa shape index (κ2) is 6.29.